The first-order valence-electron chi connectivity index (χ1n) is 3.36. The predicted molar refractivity (Wildman–Crippen MR) is 44.9 cm³/mol. The highest BCUT2D eigenvalue weighted by Gasteiger charge is 1.80. The van der Waals surface area contributed by atoms with Gasteiger partial charge >= 0.3 is 5.97 Å². The Bertz CT molecular complexity index is 241. The summed E-state index contributed by atoms with van der Waals surface area (Å²) < 4.78 is 0. The standard InChI is InChI=1S/C7H8.C2H2O3/c1-7-5-3-2-4-6-7;3-1-2(4)5/h2-6H,1H3;1H,(H,4,5). The summed E-state index contributed by atoms with van der Waals surface area (Å²) in [6.07, 6.45) is -0.167. The minimum atomic E-state index is -1.43. The lowest BCUT2D eigenvalue weighted by atomic mass is 10.2. The van der Waals surface area contributed by atoms with Crippen LogP contribution < -0.4 is 0 Å². The van der Waals surface area contributed by atoms with Crippen molar-refractivity contribution in [2.24, 2.45) is 0 Å². The Kier molecular flexibility index (Phi) is 5.26. The van der Waals surface area contributed by atoms with Crippen molar-refractivity contribution in [3.8, 4) is 0 Å². The van der Waals surface area contributed by atoms with Crippen LogP contribution in [0.15, 0.2) is 30.3 Å². The van der Waals surface area contributed by atoms with Gasteiger partial charge in [-0.3, -0.25) is 4.79 Å². The number of rotatable bonds is 1. The van der Waals surface area contributed by atoms with Gasteiger partial charge in [0.25, 0.3) is 0 Å². The molecule has 1 aromatic carbocycles. The molecule has 3 heteroatoms. The van der Waals surface area contributed by atoms with E-state index in [1.54, 1.807) is 0 Å². The molecule has 0 bridgehead atoms. The minimum absolute atomic E-state index is 0.167. The normalized spacial score (nSPS) is 7.75. The van der Waals surface area contributed by atoms with Gasteiger partial charge in [0, 0.05) is 0 Å². The number of hydrogen-bond donors (Lipinski definition) is 1. The number of aldehydes is 1. The maximum absolute atomic E-state index is 9.00. The Morgan fingerprint density at radius 3 is 1.92 bits per heavy atom. The predicted octanol–water partition coefficient (Wildman–Crippen LogP) is 1.26. The van der Waals surface area contributed by atoms with Crippen LogP contribution >= 0.6 is 0 Å². The van der Waals surface area contributed by atoms with E-state index in [1.165, 1.54) is 5.56 Å². The molecule has 0 saturated carbocycles. The molecule has 0 unspecified atom stereocenters. The van der Waals surface area contributed by atoms with Gasteiger partial charge < -0.3 is 5.11 Å². The van der Waals surface area contributed by atoms with Crippen LogP contribution in [0.5, 0.6) is 0 Å². The van der Waals surface area contributed by atoms with Gasteiger partial charge in [-0.15, -0.1) is 0 Å². The molecule has 1 rings (SSSR count). The van der Waals surface area contributed by atoms with Crippen molar-refractivity contribution in [1.82, 2.24) is 0 Å². The lowest BCUT2D eigenvalue weighted by Gasteiger charge is -1.82. The van der Waals surface area contributed by atoms with E-state index in [1.807, 2.05) is 18.2 Å². The van der Waals surface area contributed by atoms with Gasteiger partial charge in [0.2, 0.25) is 6.29 Å². The maximum atomic E-state index is 9.00. The number of benzene rings is 1. The molecule has 0 aromatic heterocycles. The Balaban J connectivity index is 0.000000217. The highest BCUT2D eigenvalue weighted by molar-refractivity contribution is 6.19. The zero-order valence-electron chi connectivity index (χ0n) is 6.73. The number of carboxylic acids is 1. The Hall–Kier alpha value is -1.64. The lowest BCUT2D eigenvalue weighted by molar-refractivity contribution is -0.143. The summed E-state index contributed by atoms with van der Waals surface area (Å²) in [4.78, 5) is 17.9. The average molecular weight is 166 g/mol. The fourth-order valence-corrected chi connectivity index (χ4v) is 0.534. The van der Waals surface area contributed by atoms with Gasteiger partial charge in [0.1, 0.15) is 0 Å². The lowest BCUT2D eigenvalue weighted by Crippen LogP contribution is -1.91. The first-order chi connectivity index (χ1) is 5.66. The number of aliphatic carboxylic acids is 1. The molecule has 0 spiro atoms. The van der Waals surface area contributed by atoms with Crippen LogP contribution in [0, 0.1) is 6.92 Å². The van der Waals surface area contributed by atoms with E-state index < -0.39 is 5.97 Å². The third-order valence-electron chi connectivity index (χ3n) is 1.04. The summed E-state index contributed by atoms with van der Waals surface area (Å²) in [7, 11) is 0. The number of carboxylic acid groups (broad SMARTS) is 1. The Labute approximate surface area is 70.6 Å². The summed E-state index contributed by atoms with van der Waals surface area (Å²) in [6, 6.07) is 10.3. The summed E-state index contributed by atoms with van der Waals surface area (Å²) in [5.74, 6) is -1.43. The number of hydrogen-bond acceptors (Lipinski definition) is 2. The topological polar surface area (TPSA) is 54.4 Å². The molecule has 0 aliphatic heterocycles. The van der Waals surface area contributed by atoms with Gasteiger partial charge in [0.05, 0.1) is 0 Å². The van der Waals surface area contributed by atoms with Gasteiger partial charge in [-0.25, -0.2) is 4.79 Å². The molecule has 0 fully saturated rings. The van der Waals surface area contributed by atoms with Crippen LogP contribution in [0.4, 0.5) is 0 Å². The van der Waals surface area contributed by atoms with Gasteiger partial charge in [-0.05, 0) is 6.92 Å². The van der Waals surface area contributed by atoms with Crippen LogP contribution in [0.25, 0.3) is 0 Å². The summed E-state index contributed by atoms with van der Waals surface area (Å²) in [5.41, 5.74) is 1.32. The van der Waals surface area contributed by atoms with E-state index in [0.717, 1.165) is 0 Å². The molecule has 12 heavy (non-hydrogen) atoms. The fraction of sp³-hybridized carbons (Fsp3) is 0.111. The number of aryl methyl sites for hydroxylation is 1. The van der Waals surface area contributed by atoms with E-state index in [0.29, 0.717) is 0 Å². The third-order valence-corrected chi connectivity index (χ3v) is 1.04. The highest BCUT2D eigenvalue weighted by atomic mass is 16.4. The number of carbonyl (C=O) groups is 2. The first kappa shape index (κ1) is 10.4. The van der Waals surface area contributed by atoms with Crippen molar-refractivity contribution < 1.29 is 14.7 Å². The molecule has 0 radical (unpaired) electrons. The van der Waals surface area contributed by atoms with Crippen molar-refractivity contribution in [2.45, 2.75) is 6.92 Å². The Morgan fingerprint density at radius 2 is 1.75 bits per heavy atom. The first-order valence-corrected chi connectivity index (χ1v) is 3.36. The molecule has 0 aliphatic carbocycles. The second-order valence-corrected chi connectivity index (χ2v) is 2.11. The molecule has 1 aromatic rings. The largest absolute Gasteiger partial charge is 0.476 e. The molecular weight excluding hydrogens is 156 g/mol. The average Bonchev–Trinajstić information content (AvgIpc) is 2.07. The molecule has 0 heterocycles. The third kappa shape index (κ3) is 6.48. The molecule has 0 aliphatic rings. The minimum Gasteiger partial charge on any atom is -0.476 e. The summed E-state index contributed by atoms with van der Waals surface area (Å²) >= 11 is 0. The van der Waals surface area contributed by atoms with Crippen molar-refractivity contribution in [2.75, 3.05) is 0 Å². The second-order valence-electron chi connectivity index (χ2n) is 2.11. The van der Waals surface area contributed by atoms with Crippen LogP contribution in [0.2, 0.25) is 0 Å². The van der Waals surface area contributed by atoms with Gasteiger partial charge in [-0.2, -0.15) is 0 Å². The van der Waals surface area contributed by atoms with Crippen molar-refractivity contribution in [3.63, 3.8) is 0 Å². The van der Waals surface area contributed by atoms with Crippen LogP contribution in [-0.2, 0) is 9.59 Å². The molecule has 64 valence electrons. The summed E-state index contributed by atoms with van der Waals surface area (Å²) in [6.45, 7) is 2.08. The van der Waals surface area contributed by atoms with E-state index in [4.69, 9.17) is 14.7 Å². The molecule has 3 nitrogen and oxygen atoms in total. The smallest absolute Gasteiger partial charge is 0.368 e. The van der Waals surface area contributed by atoms with Crippen molar-refractivity contribution in [3.05, 3.63) is 35.9 Å². The SMILES string of the molecule is Cc1ccccc1.O=CC(=O)O. The van der Waals surface area contributed by atoms with E-state index in [-0.39, 0.29) is 6.29 Å². The monoisotopic (exact) mass is 166 g/mol. The maximum Gasteiger partial charge on any atom is 0.368 e. The summed E-state index contributed by atoms with van der Waals surface area (Å²) in [5, 5.41) is 7.35. The molecule has 0 amide bonds. The zero-order chi connectivity index (χ0) is 9.40. The molecule has 0 saturated heterocycles. The quantitative estimate of drug-likeness (QED) is 0.504. The second kappa shape index (κ2) is 6.09. The highest BCUT2D eigenvalue weighted by Crippen LogP contribution is 1.92. The van der Waals surface area contributed by atoms with Crippen LogP contribution in [0.3, 0.4) is 0 Å². The van der Waals surface area contributed by atoms with Crippen LogP contribution in [0.1, 0.15) is 5.56 Å². The zero-order valence-corrected chi connectivity index (χ0v) is 6.73. The van der Waals surface area contributed by atoms with E-state index in [9.17, 15) is 0 Å². The van der Waals surface area contributed by atoms with Crippen LogP contribution in [-0.4, -0.2) is 17.4 Å². The van der Waals surface area contributed by atoms with Gasteiger partial charge in [-0.1, -0.05) is 35.9 Å². The molecular formula is C9H10O3. The Morgan fingerprint density at radius 1 is 1.33 bits per heavy atom. The van der Waals surface area contributed by atoms with E-state index >= 15 is 0 Å². The van der Waals surface area contributed by atoms with Gasteiger partial charge in [0.15, 0.2) is 0 Å². The van der Waals surface area contributed by atoms with Crippen molar-refractivity contribution in [1.29, 1.82) is 0 Å². The van der Waals surface area contributed by atoms with E-state index in [2.05, 4.69) is 19.1 Å². The van der Waals surface area contributed by atoms with Crippen molar-refractivity contribution >= 4 is 12.3 Å². The fourth-order valence-electron chi connectivity index (χ4n) is 0.534. The molecule has 0 atom stereocenters. The molecule has 1 N–H and O–H groups in total. The number of carbonyl (C=O) groups excluding carboxylic acids is 1.